The van der Waals surface area contributed by atoms with Gasteiger partial charge in [-0.2, -0.15) is 13.2 Å². The molecule has 9 heteroatoms. The number of rotatable bonds is 6. The molecule has 2 aromatic rings. The highest BCUT2D eigenvalue weighted by Crippen LogP contribution is 2.29. The van der Waals surface area contributed by atoms with Crippen LogP contribution < -0.4 is 5.32 Å². The lowest BCUT2D eigenvalue weighted by Gasteiger charge is -2.36. The predicted octanol–water partition coefficient (Wildman–Crippen LogP) is 3.66. The summed E-state index contributed by atoms with van der Waals surface area (Å²) in [4.78, 5) is 28.3. The number of benzene rings is 2. The highest BCUT2D eigenvalue weighted by molar-refractivity contribution is 5.85. The van der Waals surface area contributed by atoms with Crippen LogP contribution in [-0.2, 0) is 28.9 Å². The van der Waals surface area contributed by atoms with Crippen LogP contribution in [0.4, 0.5) is 18.0 Å². The van der Waals surface area contributed by atoms with Crippen LogP contribution in [0.1, 0.15) is 23.6 Å². The second-order valence-corrected chi connectivity index (χ2v) is 7.73. The van der Waals surface area contributed by atoms with Gasteiger partial charge in [-0.15, -0.1) is 0 Å². The molecule has 1 fully saturated rings. The lowest BCUT2D eigenvalue weighted by atomic mass is 10.1. The molecule has 1 saturated heterocycles. The van der Waals surface area contributed by atoms with Crippen molar-refractivity contribution < 1.29 is 27.5 Å². The Morgan fingerprint density at radius 2 is 1.66 bits per heavy atom. The van der Waals surface area contributed by atoms with Gasteiger partial charge in [0.25, 0.3) is 0 Å². The average Bonchev–Trinajstić information content (AvgIpc) is 2.78. The zero-order valence-corrected chi connectivity index (χ0v) is 17.8. The van der Waals surface area contributed by atoms with Gasteiger partial charge >= 0.3 is 12.3 Å². The number of carbonyl (C=O) groups is 2. The van der Waals surface area contributed by atoms with Crippen LogP contribution in [0.3, 0.4) is 0 Å². The first-order valence-corrected chi connectivity index (χ1v) is 10.4. The average molecular weight is 449 g/mol. The molecule has 172 valence electrons. The van der Waals surface area contributed by atoms with Crippen molar-refractivity contribution in [1.29, 1.82) is 0 Å². The second kappa shape index (κ2) is 10.5. The number of nitrogens with zero attached hydrogens (tertiary/aromatic N) is 2. The summed E-state index contributed by atoms with van der Waals surface area (Å²) in [5, 5.41) is 2.55. The van der Waals surface area contributed by atoms with Gasteiger partial charge in [0.1, 0.15) is 12.6 Å². The van der Waals surface area contributed by atoms with Crippen molar-refractivity contribution in [3.8, 4) is 0 Å². The first-order valence-electron chi connectivity index (χ1n) is 10.4. The summed E-state index contributed by atoms with van der Waals surface area (Å²) in [5.41, 5.74) is 0.761. The van der Waals surface area contributed by atoms with E-state index in [-0.39, 0.29) is 12.5 Å². The fourth-order valence-corrected chi connectivity index (χ4v) is 3.51. The van der Waals surface area contributed by atoms with E-state index in [0.29, 0.717) is 38.3 Å². The maximum absolute atomic E-state index is 12.9. The minimum Gasteiger partial charge on any atom is -0.445 e. The van der Waals surface area contributed by atoms with Crippen molar-refractivity contribution in [2.24, 2.45) is 0 Å². The molecule has 0 aromatic heterocycles. The van der Waals surface area contributed by atoms with Gasteiger partial charge in [0.2, 0.25) is 5.91 Å². The van der Waals surface area contributed by atoms with Gasteiger partial charge in [0.15, 0.2) is 0 Å². The molecule has 1 atom stereocenters. The third-order valence-electron chi connectivity index (χ3n) is 5.26. The number of nitrogens with one attached hydrogen (secondary N) is 1. The van der Waals surface area contributed by atoms with Crippen molar-refractivity contribution in [3.63, 3.8) is 0 Å². The third kappa shape index (κ3) is 6.71. The first-order chi connectivity index (χ1) is 15.2. The monoisotopic (exact) mass is 449 g/mol. The Hall–Kier alpha value is -3.07. The predicted molar refractivity (Wildman–Crippen MR) is 113 cm³/mol. The Morgan fingerprint density at radius 1 is 1.00 bits per heavy atom. The van der Waals surface area contributed by atoms with Gasteiger partial charge in [-0.25, -0.2) is 4.79 Å². The van der Waals surface area contributed by atoms with Crippen LogP contribution in [0.25, 0.3) is 0 Å². The van der Waals surface area contributed by atoms with E-state index >= 15 is 0 Å². The number of hydrogen-bond acceptors (Lipinski definition) is 4. The normalized spacial score (nSPS) is 15.8. The summed E-state index contributed by atoms with van der Waals surface area (Å²) in [5.74, 6) is -0.222. The molecule has 0 saturated carbocycles. The van der Waals surface area contributed by atoms with Crippen LogP contribution in [0, 0.1) is 0 Å². The number of hydrogen-bond donors (Lipinski definition) is 1. The van der Waals surface area contributed by atoms with Gasteiger partial charge < -0.3 is 15.0 Å². The lowest BCUT2D eigenvalue weighted by Crippen LogP contribution is -2.54. The summed E-state index contributed by atoms with van der Waals surface area (Å²) in [6.07, 6.45) is -5.04. The van der Waals surface area contributed by atoms with Crippen molar-refractivity contribution in [1.82, 2.24) is 15.1 Å². The maximum atomic E-state index is 12.9. The molecule has 3 rings (SSSR count). The number of amides is 2. The highest BCUT2D eigenvalue weighted by Gasteiger charge is 2.31. The first kappa shape index (κ1) is 23.6. The van der Waals surface area contributed by atoms with Crippen molar-refractivity contribution in [2.45, 2.75) is 32.3 Å². The van der Waals surface area contributed by atoms with E-state index in [1.54, 1.807) is 17.9 Å². The van der Waals surface area contributed by atoms with Gasteiger partial charge in [0, 0.05) is 32.7 Å². The van der Waals surface area contributed by atoms with Crippen LogP contribution in [0.2, 0.25) is 0 Å². The highest BCUT2D eigenvalue weighted by atomic mass is 19.4. The van der Waals surface area contributed by atoms with E-state index in [2.05, 4.69) is 5.32 Å². The molecule has 2 aromatic carbocycles. The third-order valence-corrected chi connectivity index (χ3v) is 5.26. The summed E-state index contributed by atoms with van der Waals surface area (Å²) in [6, 6.07) is 13.8. The topological polar surface area (TPSA) is 61.9 Å². The van der Waals surface area contributed by atoms with Crippen molar-refractivity contribution in [2.75, 3.05) is 26.2 Å². The van der Waals surface area contributed by atoms with E-state index in [1.165, 1.54) is 6.07 Å². The summed E-state index contributed by atoms with van der Waals surface area (Å²) in [7, 11) is 0. The molecule has 1 aliphatic heterocycles. The minimum absolute atomic E-state index is 0.113. The second-order valence-electron chi connectivity index (χ2n) is 7.73. The molecule has 0 aliphatic carbocycles. The van der Waals surface area contributed by atoms with Crippen molar-refractivity contribution >= 4 is 12.0 Å². The van der Waals surface area contributed by atoms with Crippen LogP contribution in [-0.4, -0.2) is 54.0 Å². The molecule has 1 heterocycles. The molecule has 32 heavy (non-hydrogen) atoms. The van der Waals surface area contributed by atoms with Crippen LogP contribution in [0.15, 0.2) is 54.6 Å². The standard InChI is InChI=1S/C23H26F3N3O3/c1-17(27-22(31)32-16-18-6-3-2-4-7-18)21(30)29-12-10-28(11-13-29)15-19-8-5-9-20(14-19)23(24,25)26/h2-9,14,17H,10-13,15-16H2,1H3,(H,27,31)/t17-/m0/s1. The molecule has 0 spiro atoms. The molecular formula is C23H26F3N3O3. The zero-order valence-electron chi connectivity index (χ0n) is 17.8. The number of alkyl halides is 3. The van der Waals surface area contributed by atoms with E-state index in [0.717, 1.165) is 17.7 Å². The number of ether oxygens (including phenoxy) is 1. The molecule has 0 bridgehead atoms. The van der Waals surface area contributed by atoms with Gasteiger partial charge in [-0.05, 0) is 24.1 Å². The minimum atomic E-state index is -4.37. The number of alkyl carbamates (subject to hydrolysis) is 1. The van der Waals surface area contributed by atoms with Gasteiger partial charge in [-0.3, -0.25) is 9.69 Å². The number of carbonyl (C=O) groups excluding carboxylic acids is 2. The van der Waals surface area contributed by atoms with Crippen molar-refractivity contribution in [3.05, 3.63) is 71.3 Å². The Balaban J connectivity index is 1.43. The summed E-state index contributed by atoms with van der Waals surface area (Å²) >= 11 is 0. The molecule has 1 N–H and O–H groups in total. The lowest BCUT2D eigenvalue weighted by molar-refractivity contribution is -0.138. The summed E-state index contributed by atoms with van der Waals surface area (Å²) < 4.78 is 43.8. The molecule has 1 aliphatic rings. The molecule has 6 nitrogen and oxygen atoms in total. The molecule has 0 unspecified atom stereocenters. The van der Waals surface area contributed by atoms with E-state index in [1.807, 2.05) is 35.2 Å². The van der Waals surface area contributed by atoms with E-state index in [4.69, 9.17) is 4.74 Å². The largest absolute Gasteiger partial charge is 0.445 e. The quantitative estimate of drug-likeness (QED) is 0.731. The van der Waals surface area contributed by atoms with Crippen LogP contribution in [0.5, 0.6) is 0 Å². The van der Waals surface area contributed by atoms with E-state index in [9.17, 15) is 22.8 Å². The fourth-order valence-electron chi connectivity index (χ4n) is 3.51. The van der Waals surface area contributed by atoms with Crippen LogP contribution >= 0.6 is 0 Å². The SMILES string of the molecule is C[C@H](NC(=O)OCc1ccccc1)C(=O)N1CCN(Cc2cccc(C(F)(F)F)c2)CC1. The molecular weight excluding hydrogens is 423 g/mol. The number of halogens is 3. The number of piperazine rings is 1. The Morgan fingerprint density at radius 3 is 2.31 bits per heavy atom. The fraction of sp³-hybridized carbons (Fsp3) is 0.391. The maximum Gasteiger partial charge on any atom is 0.416 e. The van der Waals surface area contributed by atoms with E-state index < -0.39 is 23.9 Å². The zero-order chi connectivity index (χ0) is 23.1. The molecule has 2 amide bonds. The van der Waals surface area contributed by atoms with Gasteiger partial charge in [-0.1, -0.05) is 48.5 Å². The Bertz CT molecular complexity index is 913. The smallest absolute Gasteiger partial charge is 0.416 e. The Kier molecular flexibility index (Phi) is 7.74. The van der Waals surface area contributed by atoms with Gasteiger partial charge in [0.05, 0.1) is 5.56 Å². The summed E-state index contributed by atoms with van der Waals surface area (Å²) in [6.45, 7) is 4.03. The molecule has 0 radical (unpaired) electrons. The Labute approximate surface area is 184 Å².